The fraction of sp³-hybridized carbons (Fsp3) is 0.0417. The topological polar surface area (TPSA) is 62.4 Å². The van der Waals surface area contributed by atoms with Crippen molar-refractivity contribution in [2.75, 3.05) is 0 Å². The van der Waals surface area contributed by atoms with Gasteiger partial charge in [0.1, 0.15) is 0 Å². The lowest BCUT2D eigenvalue weighted by Crippen LogP contribution is -2.23. The molecule has 0 N–H and O–H groups in total. The maximum atomic E-state index is 10.8. The average Bonchev–Trinajstić information content (AvgIpc) is 3.85. The first-order valence-corrected chi connectivity index (χ1v) is 17.8. The van der Waals surface area contributed by atoms with E-state index in [1.807, 2.05) is 30.3 Å². The van der Waals surface area contributed by atoms with Crippen LogP contribution >= 0.6 is 0 Å². The molecule has 248 valence electrons. The third-order valence-electron chi connectivity index (χ3n) is 10.9. The Balaban J connectivity index is 1.32. The molecule has 0 spiro atoms. The van der Waals surface area contributed by atoms with Gasteiger partial charge < -0.3 is 13.7 Å². The summed E-state index contributed by atoms with van der Waals surface area (Å²) in [6.45, 7) is 4.43. The van der Waals surface area contributed by atoms with E-state index in [0.717, 1.165) is 71.1 Å². The number of allylic oxidation sites excluding steroid dienone is 3. The molecule has 10 aromatic rings. The van der Waals surface area contributed by atoms with E-state index in [-0.39, 0.29) is 0 Å². The number of fused-ring (bicyclic) bond motifs is 11. The van der Waals surface area contributed by atoms with Gasteiger partial charge in [0.2, 0.25) is 0 Å². The summed E-state index contributed by atoms with van der Waals surface area (Å²) in [6.07, 6.45) is 3.33. The second-order valence-corrected chi connectivity index (χ2v) is 13.5. The average molecular weight is 678 g/mol. The normalized spacial score (nSPS) is 13.3. The van der Waals surface area contributed by atoms with Crippen LogP contribution in [0.5, 0.6) is 0 Å². The van der Waals surface area contributed by atoms with E-state index >= 15 is 0 Å². The van der Waals surface area contributed by atoms with Crippen molar-refractivity contribution in [3.8, 4) is 17.8 Å². The predicted octanol–water partition coefficient (Wildman–Crippen LogP) is 12.1. The van der Waals surface area contributed by atoms with E-state index in [2.05, 4.69) is 160 Å². The Bertz CT molecular complexity index is 3140. The quantitative estimate of drug-likeness (QED) is 0.130. The minimum Gasteiger partial charge on any atom is -0.331 e. The van der Waals surface area contributed by atoms with E-state index in [0.29, 0.717) is 5.57 Å². The molecular weight excluding hydrogens is 647 g/mol. The largest absolute Gasteiger partial charge is 0.331 e. The minimum absolute atomic E-state index is 0.363. The van der Waals surface area contributed by atoms with Gasteiger partial charge in [0.05, 0.1) is 46.3 Å². The number of nitrogens with zero attached hydrogens (tertiary/aromatic N) is 5. The van der Waals surface area contributed by atoms with Gasteiger partial charge in [0, 0.05) is 60.6 Å². The van der Waals surface area contributed by atoms with Gasteiger partial charge in [-0.05, 0) is 59.3 Å². The smallest absolute Gasteiger partial charge is 0.0977 e. The van der Waals surface area contributed by atoms with Crippen molar-refractivity contribution in [2.24, 2.45) is 0 Å². The first-order chi connectivity index (χ1) is 26.2. The Morgan fingerprint density at radius 3 is 1.62 bits per heavy atom. The number of hydrogen-bond donors (Lipinski definition) is 0. The molecule has 0 fully saturated rings. The molecule has 2 unspecified atom stereocenters. The number of nitriles is 2. The van der Waals surface area contributed by atoms with Gasteiger partial charge in [0.25, 0.3) is 0 Å². The lowest BCUT2D eigenvalue weighted by Gasteiger charge is -2.30. The zero-order valence-corrected chi connectivity index (χ0v) is 28.7. The molecule has 2 atom stereocenters. The molecule has 3 heterocycles. The number of rotatable bonds is 6. The predicted molar refractivity (Wildman–Crippen MR) is 218 cm³/mol. The fourth-order valence-corrected chi connectivity index (χ4v) is 8.83. The number of benzene rings is 7. The summed E-state index contributed by atoms with van der Waals surface area (Å²) in [5.74, 6) is 0. The summed E-state index contributed by atoms with van der Waals surface area (Å²) in [7, 11) is 0. The molecule has 3 aromatic heterocycles. The summed E-state index contributed by atoms with van der Waals surface area (Å²) >= 11 is 0. The van der Waals surface area contributed by atoms with E-state index in [9.17, 15) is 10.5 Å². The maximum absolute atomic E-state index is 10.8. The summed E-state index contributed by atoms with van der Waals surface area (Å²) < 4.78 is 6.92. The van der Waals surface area contributed by atoms with Crippen molar-refractivity contribution in [1.29, 1.82) is 10.5 Å². The second kappa shape index (κ2) is 11.9. The maximum Gasteiger partial charge on any atom is 0.0977 e. The molecule has 5 heteroatoms. The van der Waals surface area contributed by atoms with Crippen LogP contribution in [-0.2, 0) is 0 Å². The lowest BCUT2D eigenvalue weighted by molar-refractivity contribution is 0.471. The minimum atomic E-state index is -0.579. The molecule has 0 aliphatic rings. The highest BCUT2D eigenvalue weighted by Crippen LogP contribution is 2.45. The number of para-hydroxylation sites is 4. The van der Waals surface area contributed by atoms with Crippen LogP contribution in [-0.4, -0.2) is 13.7 Å². The summed E-state index contributed by atoms with van der Waals surface area (Å²) in [5, 5.41) is 30.0. The molecule has 5 nitrogen and oxygen atoms in total. The van der Waals surface area contributed by atoms with Crippen LogP contribution in [0, 0.1) is 22.7 Å². The zero-order valence-electron chi connectivity index (χ0n) is 28.7. The number of aromatic nitrogens is 3. The first-order valence-electron chi connectivity index (χ1n) is 17.8. The van der Waals surface area contributed by atoms with Gasteiger partial charge in [0.15, 0.2) is 0 Å². The second-order valence-electron chi connectivity index (χ2n) is 13.5. The van der Waals surface area contributed by atoms with E-state index < -0.39 is 12.1 Å². The van der Waals surface area contributed by atoms with Crippen LogP contribution in [0.25, 0.3) is 81.9 Å². The molecule has 0 aliphatic carbocycles. The Morgan fingerprint density at radius 1 is 0.528 bits per heavy atom. The van der Waals surface area contributed by atoms with E-state index in [1.165, 1.54) is 16.8 Å². The summed E-state index contributed by atoms with van der Waals surface area (Å²) in [4.78, 5) is 0. The molecule has 53 heavy (non-hydrogen) atoms. The molecule has 0 bridgehead atoms. The van der Waals surface area contributed by atoms with E-state index in [4.69, 9.17) is 0 Å². The Kier molecular flexibility index (Phi) is 6.83. The fourth-order valence-electron chi connectivity index (χ4n) is 8.83. The summed E-state index contributed by atoms with van der Waals surface area (Å²) in [5.41, 5.74) is 7.76. The highest BCUT2D eigenvalue weighted by Gasteiger charge is 2.32. The molecule has 10 rings (SSSR count). The highest BCUT2D eigenvalue weighted by atomic mass is 15.1. The molecule has 0 radical (unpaired) electrons. The highest BCUT2D eigenvalue weighted by molar-refractivity contribution is 6.21. The SMILES string of the molecule is C=CC(C(/C(C#N)=C/C#N)n1c2ccccc2c2ccccc21)n1c2ccc(-n3c4ccccc4c4ccccc43)cc2c2c3ccccc3ccc21. The van der Waals surface area contributed by atoms with Gasteiger partial charge >= 0.3 is 0 Å². The lowest BCUT2D eigenvalue weighted by atomic mass is 9.97. The van der Waals surface area contributed by atoms with Crippen LogP contribution in [0.15, 0.2) is 176 Å². The molecular formula is C48H31N5. The van der Waals surface area contributed by atoms with Crippen LogP contribution in [0.4, 0.5) is 0 Å². The van der Waals surface area contributed by atoms with Crippen molar-refractivity contribution in [2.45, 2.75) is 12.1 Å². The molecule has 0 amide bonds. The molecule has 0 saturated carbocycles. The number of hydrogen-bond acceptors (Lipinski definition) is 2. The van der Waals surface area contributed by atoms with Crippen LogP contribution < -0.4 is 0 Å². The van der Waals surface area contributed by atoms with Crippen molar-refractivity contribution in [1.82, 2.24) is 13.7 Å². The van der Waals surface area contributed by atoms with Gasteiger partial charge in [-0.2, -0.15) is 10.5 Å². The monoisotopic (exact) mass is 677 g/mol. The van der Waals surface area contributed by atoms with Crippen molar-refractivity contribution in [3.05, 3.63) is 176 Å². The van der Waals surface area contributed by atoms with Crippen molar-refractivity contribution >= 4 is 76.2 Å². The Labute approximate surface area is 305 Å². The van der Waals surface area contributed by atoms with Crippen molar-refractivity contribution in [3.63, 3.8) is 0 Å². The van der Waals surface area contributed by atoms with Gasteiger partial charge in [-0.1, -0.05) is 109 Å². The zero-order chi connectivity index (χ0) is 35.6. The van der Waals surface area contributed by atoms with Crippen LogP contribution in [0.1, 0.15) is 12.1 Å². The molecule has 0 aliphatic heterocycles. The van der Waals surface area contributed by atoms with Gasteiger partial charge in [-0.25, -0.2) is 0 Å². The van der Waals surface area contributed by atoms with Gasteiger partial charge in [-0.15, -0.1) is 6.58 Å². The van der Waals surface area contributed by atoms with Crippen LogP contribution in [0.3, 0.4) is 0 Å². The van der Waals surface area contributed by atoms with Gasteiger partial charge in [-0.3, -0.25) is 0 Å². The third-order valence-corrected chi connectivity index (χ3v) is 10.9. The van der Waals surface area contributed by atoms with Crippen LogP contribution in [0.2, 0.25) is 0 Å². The molecule has 7 aromatic carbocycles. The first kappa shape index (κ1) is 30.5. The Morgan fingerprint density at radius 2 is 1.04 bits per heavy atom. The molecule has 0 saturated heterocycles. The third kappa shape index (κ3) is 4.35. The van der Waals surface area contributed by atoms with Crippen molar-refractivity contribution < 1.29 is 0 Å². The summed E-state index contributed by atoms with van der Waals surface area (Å²) in [6, 6.07) is 56.9. The van der Waals surface area contributed by atoms with E-state index in [1.54, 1.807) is 0 Å². The Hall–Kier alpha value is -7.34. The standard InChI is InChI=1S/C48H31N5/c1-2-40(48(32(30-50)27-28-49)53-43-21-11-7-17-37(43)38-18-8-12-22-44(38)53)52-45-26-24-33(29-39(45)47-34-14-4-3-13-31(34)23-25-46(47)52)51-41-19-9-5-15-35(41)36-16-6-10-20-42(36)51/h2-27,29,40,48H,1H2/b32-27+.